The highest BCUT2D eigenvalue weighted by Crippen LogP contribution is 2.16. The fourth-order valence-electron chi connectivity index (χ4n) is 1.83. The minimum atomic E-state index is -3.89. The number of hydrogen-bond donors (Lipinski definition) is 3. The first-order chi connectivity index (χ1) is 11.4. The van der Waals surface area contributed by atoms with Gasteiger partial charge in [0.25, 0.3) is 5.69 Å². The molecule has 0 aliphatic rings. The number of non-ortho nitro benzene ring substituents is 1. The minimum Gasteiger partial charge on any atom is -0.355 e. The molecule has 11 heteroatoms. The first-order valence-electron chi connectivity index (χ1n) is 7.58. The minimum absolute atomic E-state index is 0. The van der Waals surface area contributed by atoms with Crippen LogP contribution in [0.4, 0.5) is 5.69 Å². The van der Waals surface area contributed by atoms with Gasteiger partial charge in [-0.25, -0.2) is 13.1 Å². The molecule has 1 aromatic carbocycles. The molecular weight excluding hydrogens is 372 g/mol. The van der Waals surface area contributed by atoms with E-state index in [0.717, 1.165) is 19.0 Å². The van der Waals surface area contributed by atoms with Crippen LogP contribution in [0.3, 0.4) is 0 Å². The topological polar surface area (TPSA) is 130 Å². The van der Waals surface area contributed by atoms with E-state index in [1.54, 1.807) is 0 Å². The van der Waals surface area contributed by atoms with Crippen molar-refractivity contribution in [1.29, 1.82) is 0 Å². The van der Waals surface area contributed by atoms with Gasteiger partial charge in [-0.3, -0.25) is 14.9 Å². The molecule has 0 radical (unpaired) electrons. The summed E-state index contributed by atoms with van der Waals surface area (Å²) >= 11 is 0. The Hall–Kier alpha value is -1.75. The lowest BCUT2D eigenvalue weighted by Crippen LogP contribution is -2.34. The summed E-state index contributed by atoms with van der Waals surface area (Å²) in [6.07, 6.45) is 0.995. The zero-order valence-corrected chi connectivity index (χ0v) is 15.5. The molecule has 0 aliphatic heterocycles. The van der Waals surface area contributed by atoms with Crippen LogP contribution in [0.25, 0.3) is 0 Å². The molecule has 1 amide bonds. The number of nitro benzene ring substituents is 1. The van der Waals surface area contributed by atoms with Crippen molar-refractivity contribution in [2.75, 3.05) is 26.2 Å². The Balaban J connectivity index is 0.00000576. The Morgan fingerprint density at radius 2 is 1.92 bits per heavy atom. The summed E-state index contributed by atoms with van der Waals surface area (Å²) in [5, 5.41) is 16.5. The number of halogens is 1. The largest absolute Gasteiger partial charge is 0.355 e. The van der Waals surface area contributed by atoms with E-state index in [9.17, 15) is 23.3 Å². The molecule has 0 unspecified atom stereocenters. The molecule has 0 heterocycles. The van der Waals surface area contributed by atoms with Crippen molar-refractivity contribution in [2.45, 2.75) is 24.7 Å². The highest BCUT2D eigenvalue weighted by Gasteiger charge is 2.17. The number of hydrogen-bond acceptors (Lipinski definition) is 6. The number of nitro groups is 1. The molecule has 142 valence electrons. The van der Waals surface area contributed by atoms with Gasteiger partial charge in [-0.1, -0.05) is 13.0 Å². The number of nitrogens with zero attached hydrogens (tertiary/aromatic N) is 1. The number of amides is 1. The second kappa shape index (κ2) is 11.7. The quantitative estimate of drug-likeness (QED) is 0.289. The van der Waals surface area contributed by atoms with Crippen molar-refractivity contribution in [2.24, 2.45) is 0 Å². The molecule has 0 fully saturated rings. The molecule has 0 atom stereocenters. The van der Waals surface area contributed by atoms with Crippen LogP contribution in [0.2, 0.25) is 0 Å². The van der Waals surface area contributed by atoms with E-state index in [1.165, 1.54) is 18.2 Å². The van der Waals surface area contributed by atoms with Crippen LogP contribution >= 0.6 is 12.4 Å². The van der Waals surface area contributed by atoms with E-state index >= 15 is 0 Å². The number of nitrogens with one attached hydrogen (secondary N) is 3. The molecule has 3 N–H and O–H groups in total. The number of carbonyl (C=O) groups excluding carboxylic acids is 1. The second-order valence-electron chi connectivity index (χ2n) is 5.00. The molecular formula is C14H23ClN4O5S. The van der Waals surface area contributed by atoms with Crippen LogP contribution in [0.5, 0.6) is 0 Å². The second-order valence-corrected chi connectivity index (χ2v) is 6.77. The molecule has 9 nitrogen and oxygen atoms in total. The molecule has 25 heavy (non-hydrogen) atoms. The number of carbonyl (C=O) groups is 1. The van der Waals surface area contributed by atoms with Crippen molar-refractivity contribution in [1.82, 2.24) is 15.4 Å². The van der Waals surface area contributed by atoms with Gasteiger partial charge in [-0.05, 0) is 19.0 Å². The third-order valence-corrected chi connectivity index (χ3v) is 4.49. The average Bonchev–Trinajstić information content (AvgIpc) is 2.54. The zero-order chi connectivity index (χ0) is 18.0. The van der Waals surface area contributed by atoms with Crippen LogP contribution < -0.4 is 15.4 Å². The predicted molar refractivity (Wildman–Crippen MR) is 96.3 cm³/mol. The Bertz CT molecular complexity index is 669. The summed E-state index contributed by atoms with van der Waals surface area (Å²) in [6.45, 7) is 3.95. The molecule has 0 aliphatic carbocycles. The highest BCUT2D eigenvalue weighted by atomic mass is 35.5. The standard InChI is InChI=1S/C14H22N4O5S.ClH/c1-2-7-15-9-10-16-14(19)6-8-17-24(22,23)13-5-3-4-12(11-13)18(20)21;/h3-5,11,15,17H,2,6-10H2,1H3,(H,16,19);1H. The molecule has 0 saturated carbocycles. The molecule has 0 spiro atoms. The van der Waals surface area contributed by atoms with Crippen molar-refractivity contribution in [3.05, 3.63) is 34.4 Å². The SMILES string of the molecule is CCCNCCNC(=O)CCNS(=O)(=O)c1cccc([N+](=O)[O-])c1.Cl. The van der Waals surface area contributed by atoms with E-state index in [1.807, 2.05) is 6.92 Å². The van der Waals surface area contributed by atoms with E-state index in [0.29, 0.717) is 13.1 Å². The number of benzene rings is 1. The molecule has 0 aromatic heterocycles. The molecule has 0 saturated heterocycles. The summed E-state index contributed by atoms with van der Waals surface area (Å²) < 4.78 is 26.3. The number of sulfonamides is 1. The maximum atomic E-state index is 12.0. The van der Waals surface area contributed by atoms with Crippen molar-refractivity contribution < 1.29 is 18.1 Å². The van der Waals surface area contributed by atoms with Gasteiger partial charge in [0.05, 0.1) is 9.82 Å². The first-order valence-corrected chi connectivity index (χ1v) is 9.06. The van der Waals surface area contributed by atoms with E-state index in [-0.39, 0.29) is 41.9 Å². The summed E-state index contributed by atoms with van der Waals surface area (Å²) in [4.78, 5) is 21.4. The van der Waals surface area contributed by atoms with Gasteiger partial charge in [0.2, 0.25) is 15.9 Å². The lowest BCUT2D eigenvalue weighted by Gasteiger charge is -2.08. The third-order valence-electron chi connectivity index (χ3n) is 3.03. The monoisotopic (exact) mass is 394 g/mol. The van der Waals surface area contributed by atoms with Crippen LogP contribution in [-0.4, -0.2) is 45.4 Å². The van der Waals surface area contributed by atoms with Gasteiger partial charge >= 0.3 is 0 Å². The zero-order valence-electron chi connectivity index (χ0n) is 13.9. The van der Waals surface area contributed by atoms with Gasteiger partial charge in [-0.15, -0.1) is 12.4 Å². The lowest BCUT2D eigenvalue weighted by molar-refractivity contribution is -0.385. The van der Waals surface area contributed by atoms with E-state index in [4.69, 9.17) is 0 Å². The summed E-state index contributed by atoms with van der Waals surface area (Å²) in [5.41, 5.74) is -0.310. The lowest BCUT2D eigenvalue weighted by atomic mass is 10.3. The van der Waals surface area contributed by atoms with Crippen molar-refractivity contribution >= 4 is 34.0 Å². The summed E-state index contributed by atoms with van der Waals surface area (Å²) in [7, 11) is -3.89. The fourth-order valence-corrected chi connectivity index (χ4v) is 2.90. The summed E-state index contributed by atoms with van der Waals surface area (Å²) in [5.74, 6) is -0.268. The Morgan fingerprint density at radius 3 is 2.56 bits per heavy atom. The Labute approximate surface area is 153 Å². The average molecular weight is 395 g/mol. The van der Waals surface area contributed by atoms with E-state index < -0.39 is 14.9 Å². The third kappa shape index (κ3) is 8.77. The smallest absolute Gasteiger partial charge is 0.270 e. The van der Waals surface area contributed by atoms with Crippen LogP contribution in [0.15, 0.2) is 29.2 Å². The van der Waals surface area contributed by atoms with Gasteiger partial charge in [0, 0.05) is 38.2 Å². The predicted octanol–water partition coefficient (Wildman–Crippen LogP) is 0.801. The van der Waals surface area contributed by atoms with Gasteiger partial charge < -0.3 is 10.6 Å². The highest BCUT2D eigenvalue weighted by molar-refractivity contribution is 7.89. The van der Waals surface area contributed by atoms with Gasteiger partial charge in [0.15, 0.2) is 0 Å². The molecule has 1 aromatic rings. The molecule has 1 rings (SSSR count). The fraction of sp³-hybridized carbons (Fsp3) is 0.500. The first kappa shape index (κ1) is 23.2. The maximum absolute atomic E-state index is 12.0. The summed E-state index contributed by atoms with van der Waals surface area (Å²) in [6, 6.07) is 4.73. The Kier molecular flexibility index (Phi) is 10.9. The molecule has 0 bridgehead atoms. The maximum Gasteiger partial charge on any atom is 0.270 e. The normalized spacial score (nSPS) is 10.8. The van der Waals surface area contributed by atoms with Crippen LogP contribution in [0, 0.1) is 10.1 Å². The van der Waals surface area contributed by atoms with E-state index in [2.05, 4.69) is 15.4 Å². The Morgan fingerprint density at radius 1 is 1.20 bits per heavy atom. The number of rotatable bonds is 11. The van der Waals surface area contributed by atoms with Crippen LogP contribution in [-0.2, 0) is 14.8 Å². The van der Waals surface area contributed by atoms with Gasteiger partial charge in [0.1, 0.15) is 0 Å². The van der Waals surface area contributed by atoms with Crippen molar-refractivity contribution in [3.8, 4) is 0 Å². The van der Waals surface area contributed by atoms with Gasteiger partial charge in [-0.2, -0.15) is 0 Å². The van der Waals surface area contributed by atoms with Crippen molar-refractivity contribution in [3.63, 3.8) is 0 Å². The van der Waals surface area contributed by atoms with Crippen LogP contribution in [0.1, 0.15) is 19.8 Å².